The van der Waals surface area contributed by atoms with Crippen molar-refractivity contribution in [1.82, 2.24) is 19.7 Å². The lowest BCUT2D eigenvalue weighted by Crippen LogP contribution is -1.92. The van der Waals surface area contributed by atoms with Crippen molar-refractivity contribution in [3.63, 3.8) is 0 Å². The van der Waals surface area contributed by atoms with Gasteiger partial charge in [-0.05, 0) is 24.6 Å². The first-order chi connectivity index (χ1) is 6.79. The molecule has 0 fully saturated rings. The molecular weight excluding hydrogens is 200 g/mol. The molecule has 0 saturated carbocycles. The van der Waals surface area contributed by atoms with Gasteiger partial charge >= 0.3 is 0 Å². The molecule has 72 valence electrons. The Hall–Kier alpha value is -1.42. The summed E-state index contributed by atoms with van der Waals surface area (Å²) in [5.74, 6) is 0. The summed E-state index contributed by atoms with van der Waals surface area (Å²) in [6.07, 6.45) is 5.33. The zero-order valence-electron chi connectivity index (χ0n) is 7.68. The Morgan fingerprint density at radius 3 is 3.00 bits per heavy atom. The van der Waals surface area contributed by atoms with Crippen LogP contribution < -0.4 is 0 Å². The molecule has 0 amide bonds. The Balaban J connectivity index is 2.39. The van der Waals surface area contributed by atoms with Gasteiger partial charge in [-0.2, -0.15) is 5.10 Å². The molecular formula is C9H9ClN4. The Morgan fingerprint density at radius 1 is 1.50 bits per heavy atom. The van der Waals surface area contributed by atoms with Gasteiger partial charge in [-0.3, -0.25) is 4.68 Å². The summed E-state index contributed by atoms with van der Waals surface area (Å²) in [7, 11) is 0. The second kappa shape index (κ2) is 3.75. The van der Waals surface area contributed by atoms with E-state index < -0.39 is 0 Å². The number of halogens is 1. The maximum atomic E-state index is 5.69. The highest BCUT2D eigenvalue weighted by Gasteiger charge is 2.02. The van der Waals surface area contributed by atoms with Gasteiger partial charge in [0.05, 0.1) is 11.9 Å². The number of aromatic nitrogens is 4. The quantitative estimate of drug-likeness (QED) is 0.710. The molecule has 2 heterocycles. The van der Waals surface area contributed by atoms with Gasteiger partial charge in [-0.1, -0.05) is 0 Å². The Kier molecular flexibility index (Phi) is 2.45. The van der Waals surface area contributed by atoms with E-state index in [9.17, 15) is 0 Å². The van der Waals surface area contributed by atoms with Crippen LogP contribution in [0.1, 0.15) is 6.92 Å². The van der Waals surface area contributed by atoms with Crippen molar-refractivity contribution >= 4 is 11.6 Å². The van der Waals surface area contributed by atoms with Crippen LogP contribution in [-0.4, -0.2) is 19.7 Å². The lowest BCUT2D eigenvalue weighted by atomic mass is 10.2. The molecule has 2 rings (SSSR count). The maximum absolute atomic E-state index is 5.69. The van der Waals surface area contributed by atoms with Gasteiger partial charge in [0.2, 0.25) is 5.28 Å². The molecule has 0 atom stereocenters. The molecule has 0 saturated heterocycles. The van der Waals surface area contributed by atoms with Crippen molar-refractivity contribution in [3.8, 4) is 11.3 Å². The van der Waals surface area contributed by atoms with E-state index in [-0.39, 0.29) is 5.28 Å². The van der Waals surface area contributed by atoms with Crippen LogP contribution in [0.25, 0.3) is 11.3 Å². The van der Waals surface area contributed by atoms with Crippen LogP contribution in [0.15, 0.2) is 24.7 Å². The van der Waals surface area contributed by atoms with Crippen molar-refractivity contribution < 1.29 is 0 Å². The lowest BCUT2D eigenvalue weighted by molar-refractivity contribution is 0.660. The Bertz CT molecular complexity index is 438. The molecule has 0 aliphatic rings. The number of hydrogen-bond donors (Lipinski definition) is 0. The standard InChI is InChI=1S/C9H9ClN4/c1-2-14-6-7(5-12-14)8-3-4-11-9(10)13-8/h3-6H,2H2,1H3. The van der Waals surface area contributed by atoms with Gasteiger partial charge in [-0.15, -0.1) is 0 Å². The van der Waals surface area contributed by atoms with E-state index in [1.54, 1.807) is 12.4 Å². The van der Waals surface area contributed by atoms with Crippen LogP contribution in [0.2, 0.25) is 5.28 Å². The molecule has 0 aromatic carbocycles. The monoisotopic (exact) mass is 208 g/mol. The first kappa shape index (κ1) is 9.15. The molecule has 2 aromatic rings. The highest BCUT2D eigenvalue weighted by Crippen LogP contribution is 2.16. The topological polar surface area (TPSA) is 43.6 Å². The molecule has 14 heavy (non-hydrogen) atoms. The lowest BCUT2D eigenvalue weighted by Gasteiger charge is -1.95. The van der Waals surface area contributed by atoms with E-state index in [0.29, 0.717) is 0 Å². The van der Waals surface area contributed by atoms with Crippen molar-refractivity contribution in [3.05, 3.63) is 29.9 Å². The largest absolute Gasteiger partial charge is 0.272 e. The van der Waals surface area contributed by atoms with Crippen LogP contribution in [0.4, 0.5) is 0 Å². The predicted molar refractivity (Wildman–Crippen MR) is 53.9 cm³/mol. The molecule has 0 aliphatic carbocycles. The Labute approximate surface area is 86.6 Å². The highest BCUT2D eigenvalue weighted by atomic mass is 35.5. The first-order valence-electron chi connectivity index (χ1n) is 4.31. The van der Waals surface area contributed by atoms with Crippen LogP contribution in [0.3, 0.4) is 0 Å². The van der Waals surface area contributed by atoms with E-state index in [0.717, 1.165) is 17.8 Å². The van der Waals surface area contributed by atoms with Gasteiger partial charge in [0.25, 0.3) is 0 Å². The minimum absolute atomic E-state index is 0.256. The van der Waals surface area contributed by atoms with Crippen LogP contribution >= 0.6 is 11.6 Å². The van der Waals surface area contributed by atoms with Gasteiger partial charge < -0.3 is 0 Å². The van der Waals surface area contributed by atoms with Crippen LogP contribution in [0, 0.1) is 0 Å². The van der Waals surface area contributed by atoms with Gasteiger partial charge in [0.15, 0.2) is 0 Å². The Morgan fingerprint density at radius 2 is 2.36 bits per heavy atom. The van der Waals surface area contributed by atoms with E-state index in [4.69, 9.17) is 11.6 Å². The molecule has 0 N–H and O–H groups in total. The van der Waals surface area contributed by atoms with Crippen molar-refractivity contribution in [2.24, 2.45) is 0 Å². The zero-order chi connectivity index (χ0) is 9.97. The van der Waals surface area contributed by atoms with Crippen molar-refractivity contribution in [1.29, 1.82) is 0 Å². The average Bonchev–Trinajstić information content (AvgIpc) is 2.66. The second-order valence-electron chi connectivity index (χ2n) is 2.80. The molecule has 0 bridgehead atoms. The third kappa shape index (κ3) is 1.75. The summed E-state index contributed by atoms with van der Waals surface area (Å²) in [6, 6.07) is 1.81. The third-order valence-electron chi connectivity index (χ3n) is 1.88. The third-order valence-corrected chi connectivity index (χ3v) is 2.06. The normalized spacial score (nSPS) is 10.4. The number of aryl methyl sites for hydroxylation is 1. The predicted octanol–water partition coefficient (Wildman–Crippen LogP) is 2.01. The molecule has 5 heteroatoms. The minimum Gasteiger partial charge on any atom is -0.272 e. The smallest absolute Gasteiger partial charge is 0.222 e. The van der Waals surface area contributed by atoms with E-state index >= 15 is 0 Å². The summed E-state index contributed by atoms with van der Waals surface area (Å²) in [5, 5.41) is 4.41. The van der Waals surface area contributed by atoms with Gasteiger partial charge in [0.1, 0.15) is 0 Å². The molecule has 0 unspecified atom stereocenters. The molecule has 0 aliphatic heterocycles. The van der Waals surface area contributed by atoms with E-state index in [2.05, 4.69) is 15.1 Å². The van der Waals surface area contributed by atoms with Crippen molar-refractivity contribution in [2.75, 3.05) is 0 Å². The fourth-order valence-electron chi connectivity index (χ4n) is 1.16. The second-order valence-corrected chi connectivity index (χ2v) is 3.13. The van der Waals surface area contributed by atoms with E-state index in [1.165, 1.54) is 0 Å². The molecule has 4 nitrogen and oxygen atoms in total. The van der Waals surface area contributed by atoms with Crippen LogP contribution in [-0.2, 0) is 6.54 Å². The molecule has 0 spiro atoms. The minimum atomic E-state index is 0.256. The summed E-state index contributed by atoms with van der Waals surface area (Å²) in [5.41, 5.74) is 1.75. The maximum Gasteiger partial charge on any atom is 0.222 e. The first-order valence-corrected chi connectivity index (χ1v) is 4.69. The molecule has 0 radical (unpaired) electrons. The number of nitrogens with zero attached hydrogens (tertiary/aromatic N) is 4. The summed E-state index contributed by atoms with van der Waals surface area (Å²) >= 11 is 5.69. The fraction of sp³-hybridized carbons (Fsp3) is 0.222. The van der Waals surface area contributed by atoms with Gasteiger partial charge in [0, 0.05) is 24.5 Å². The SMILES string of the molecule is CCn1cc(-c2ccnc(Cl)n2)cn1. The highest BCUT2D eigenvalue weighted by molar-refractivity contribution is 6.28. The van der Waals surface area contributed by atoms with E-state index in [1.807, 2.05) is 23.9 Å². The summed E-state index contributed by atoms with van der Waals surface area (Å²) in [6.45, 7) is 2.88. The van der Waals surface area contributed by atoms with Crippen LogP contribution in [0.5, 0.6) is 0 Å². The summed E-state index contributed by atoms with van der Waals surface area (Å²) < 4.78 is 1.84. The number of hydrogen-bond acceptors (Lipinski definition) is 3. The molecule has 2 aromatic heterocycles. The zero-order valence-corrected chi connectivity index (χ0v) is 8.44. The average molecular weight is 209 g/mol. The van der Waals surface area contributed by atoms with Gasteiger partial charge in [-0.25, -0.2) is 9.97 Å². The summed E-state index contributed by atoms with van der Waals surface area (Å²) in [4.78, 5) is 7.91. The fourth-order valence-corrected chi connectivity index (χ4v) is 1.31. The number of rotatable bonds is 2. The van der Waals surface area contributed by atoms with Crippen molar-refractivity contribution in [2.45, 2.75) is 13.5 Å².